The molecule has 2 aromatic heterocycles. The Balaban J connectivity index is 1.76. The molecule has 4 rings (SSSR count). The van der Waals surface area contributed by atoms with Crippen LogP contribution in [0.2, 0.25) is 0 Å². The van der Waals surface area contributed by atoms with E-state index in [1.54, 1.807) is 0 Å². The number of fused-ring (bicyclic) bond motifs is 1. The van der Waals surface area contributed by atoms with Crippen LogP contribution in [0.3, 0.4) is 0 Å². The molecule has 0 radical (unpaired) electrons. The zero-order valence-corrected chi connectivity index (χ0v) is 13.3. The maximum atomic E-state index is 6.13. The van der Waals surface area contributed by atoms with E-state index in [4.69, 9.17) is 4.42 Å². The molecule has 1 aliphatic rings. The highest BCUT2D eigenvalue weighted by atomic mass is 79.9. The van der Waals surface area contributed by atoms with Crippen LogP contribution in [0, 0.1) is 0 Å². The van der Waals surface area contributed by atoms with Crippen LogP contribution in [0.15, 0.2) is 39.5 Å². The van der Waals surface area contributed by atoms with Gasteiger partial charge in [-0.25, -0.2) is 4.98 Å². The molecule has 108 valence electrons. The molecule has 2 heterocycles. The zero-order chi connectivity index (χ0) is 14.2. The molecule has 0 saturated heterocycles. The predicted molar refractivity (Wildman–Crippen MR) is 87.3 cm³/mol. The van der Waals surface area contributed by atoms with E-state index < -0.39 is 0 Å². The van der Waals surface area contributed by atoms with Gasteiger partial charge in [-0.05, 0) is 34.8 Å². The summed E-state index contributed by atoms with van der Waals surface area (Å²) in [4.78, 5) is 7.93. The molecular formula is C17H17BrN2O. The zero-order valence-electron chi connectivity index (χ0n) is 11.7. The van der Waals surface area contributed by atoms with E-state index in [0.29, 0.717) is 5.92 Å². The molecule has 0 bridgehead atoms. The third-order valence-electron chi connectivity index (χ3n) is 4.39. The van der Waals surface area contributed by atoms with Gasteiger partial charge in [-0.15, -0.1) is 0 Å². The Morgan fingerprint density at radius 1 is 1.14 bits per heavy atom. The summed E-state index contributed by atoms with van der Waals surface area (Å²) in [5, 5.41) is 1.17. The lowest BCUT2D eigenvalue weighted by atomic mass is 9.89. The molecule has 1 aliphatic carbocycles. The third kappa shape index (κ3) is 2.31. The fourth-order valence-corrected chi connectivity index (χ4v) is 3.74. The number of nitrogens with zero attached hydrogens (tertiary/aromatic N) is 1. The fraction of sp³-hybridized carbons (Fsp3) is 0.353. The first-order valence-electron chi connectivity index (χ1n) is 7.55. The number of halogens is 1. The lowest BCUT2D eigenvalue weighted by molar-refractivity contribution is 0.367. The summed E-state index contributed by atoms with van der Waals surface area (Å²) in [6.07, 6.45) is 8.30. The van der Waals surface area contributed by atoms with Crippen molar-refractivity contribution >= 4 is 26.8 Å². The van der Waals surface area contributed by atoms with Crippen LogP contribution in [0.25, 0.3) is 22.2 Å². The molecular weight excluding hydrogens is 328 g/mol. The average Bonchev–Trinajstić information content (AvgIpc) is 3.11. The first-order valence-corrected chi connectivity index (χ1v) is 8.35. The quantitative estimate of drug-likeness (QED) is 0.654. The van der Waals surface area contributed by atoms with Gasteiger partial charge in [-0.3, -0.25) is 0 Å². The number of hydrogen-bond acceptors (Lipinski definition) is 2. The van der Waals surface area contributed by atoms with Crippen molar-refractivity contribution in [3.8, 4) is 11.3 Å². The van der Waals surface area contributed by atoms with Gasteiger partial charge in [0.1, 0.15) is 0 Å². The summed E-state index contributed by atoms with van der Waals surface area (Å²) in [6.45, 7) is 0. The highest BCUT2D eigenvalue weighted by molar-refractivity contribution is 9.10. The van der Waals surface area contributed by atoms with E-state index in [1.165, 1.54) is 37.5 Å². The van der Waals surface area contributed by atoms with E-state index in [1.807, 2.05) is 18.3 Å². The molecule has 1 N–H and O–H groups in total. The Labute approximate surface area is 131 Å². The molecule has 3 aromatic rings. The number of benzene rings is 1. The summed E-state index contributed by atoms with van der Waals surface area (Å²) in [7, 11) is 0. The largest absolute Gasteiger partial charge is 0.439 e. The number of aromatic amines is 1. The van der Waals surface area contributed by atoms with Crippen molar-refractivity contribution in [2.24, 2.45) is 0 Å². The van der Waals surface area contributed by atoms with Crippen LogP contribution in [-0.2, 0) is 0 Å². The fourth-order valence-electron chi connectivity index (χ4n) is 3.27. The number of oxazole rings is 1. The van der Waals surface area contributed by atoms with Crippen LogP contribution in [0.1, 0.15) is 43.9 Å². The Hall–Kier alpha value is -1.55. The van der Waals surface area contributed by atoms with Crippen LogP contribution >= 0.6 is 15.9 Å². The van der Waals surface area contributed by atoms with E-state index in [0.717, 1.165) is 27.3 Å². The second kappa shape index (κ2) is 5.34. The first-order chi connectivity index (χ1) is 10.3. The van der Waals surface area contributed by atoms with Crippen molar-refractivity contribution < 1.29 is 4.42 Å². The minimum Gasteiger partial charge on any atom is -0.439 e. The van der Waals surface area contributed by atoms with Crippen LogP contribution in [0.4, 0.5) is 0 Å². The molecule has 4 heteroatoms. The van der Waals surface area contributed by atoms with Gasteiger partial charge in [-0.1, -0.05) is 37.5 Å². The van der Waals surface area contributed by atoms with Crippen LogP contribution in [0.5, 0.6) is 0 Å². The van der Waals surface area contributed by atoms with E-state index in [-0.39, 0.29) is 0 Å². The SMILES string of the molecule is Brc1nc(C2CCCCC2)oc1-c1c[nH]c2ccccc12. The van der Waals surface area contributed by atoms with Gasteiger partial charge >= 0.3 is 0 Å². The summed E-state index contributed by atoms with van der Waals surface area (Å²) in [6, 6.07) is 8.26. The molecule has 0 spiro atoms. The standard InChI is InChI=1S/C17H17BrN2O/c18-16-15(13-10-19-14-9-5-4-8-12(13)14)21-17(20-16)11-6-2-1-3-7-11/h4-5,8-11,19H,1-3,6-7H2. The summed E-state index contributed by atoms with van der Waals surface area (Å²) < 4.78 is 6.94. The third-order valence-corrected chi connectivity index (χ3v) is 4.93. The molecule has 3 nitrogen and oxygen atoms in total. The Morgan fingerprint density at radius 3 is 2.81 bits per heavy atom. The number of para-hydroxylation sites is 1. The normalized spacial score (nSPS) is 16.6. The van der Waals surface area contributed by atoms with Gasteiger partial charge < -0.3 is 9.40 Å². The van der Waals surface area contributed by atoms with E-state index >= 15 is 0 Å². The van der Waals surface area contributed by atoms with Crippen molar-refractivity contribution in [2.75, 3.05) is 0 Å². The molecule has 0 amide bonds. The smallest absolute Gasteiger partial charge is 0.199 e. The Bertz CT molecular complexity index is 768. The molecule has 1 fully saturated rings. The van der Waals surface area contributed by atoms with Crippen LogP contribution < -0.4 is 0 Å². The molecule has 1 saturated carbocycles. The summed E-state index contributed by atoms with van der Waals surface area (Å²) >= 11 is 3.57. The number of aromatic nitrogens is 2. The second-order valence-electron chi connectivity index (χ2n) is 5.75. The predicted octanol–water partition coefficient (Wildman–Crippen LogP) is 5.63. The lowest BCUT2D eigenvalue weighted by Gasteiger charge is -2.17. The van der Waals surface area contributed by atoms with Gasteiger partial charge in [0.15, 0.2) is 16.3 Å². The van der Waals surface area contributed by atoms with Crippen molar-refractivity contribution in [2.45, 2.75) is 38.0 Å². The van der Waals surface area contributed by atoms with Crippen molar-refractivity contribution in [1.82, 2.24) is 9.97 Å². The monoisotopic (exact) mass is 344 g/mol. The van der Waals surface area contributed by atoms with Gasteiger partial charge in [0.25, 0.3) is 0 Å². The topological polar surface area (TPSA) is 41.8 Å². The van der Waals surface area contributed by atoms with Crippen LogP contribution in [-0.4, -0.2) is 9.97 Å². The Kier molecular flexibility index (Phi) is 3.34. The first kappa shape index (κ1) is 13.1. The van der Waals surface area contributed by atoms with Gasteiger partial charge in [0.2, 0.25) is 0 Å². The molecule has 21 heavy (non-hydrogen) atoms. The van der Waals surface area contributed by atoms with E-state index in [9.17, 15) is 0 Å². The number of nitrogens with one attached hydrogen (secondary N) is 1. The molecule has 1 aromatic carbocycles. The maximum absolute atomic E-state index is 6.13. The van der Waals surface area contributed by atoms with Crippen molar-refractivity contribution in [3.63, 3.8) is 0 Å². The summed E-state index contributed by atoms with van der Waals surface area (Å²) in [5.41, 5.74) is 2.20. The van der Waals surface area contributed by atoms with Crippen molar-refractivity contribution in [3.05, 3.63) is 41.0 Å². The number of rotatable bonds is 2. The van der Waals surface area contributed by atoms with Gasteiger partial charge in [0, 0.05) is 28.6 Å². The van der Waals surface area contributed by atoms with Gasteiger partial charge in [-0.2, -0.15) is 0 Å². The highest BCUT2D eigenvalue weighted by Crippen LogP contribution is 2.39. The maximum Gasteiger partial charge on any atom is 0.199 e. The number of H-pyrrole nitrogens is 1. The van der Waals surface area contributed by atoms with Gasteiger partial charge in [0.05, 0.1) is 0 Å². The highest BCUT2D eigenvalue weighted by Gasteiger charge is 2.24. The molecule has 0 unspecified atom stereocenters. The molecule has 0 atom stereocenters. The van der Waals surface area contributed by atoms with Crippen molar-refractivity contribution in [1.29, 1.82) is 0 Å². The minimum absolute atomic E-state index is 0.481. The minimum atomic E-state index is 0.481. The lowest BCUT2D eigenvalue weighted by Crippen LogP contribution is -2.04. The average molecular weight is 345 g/mol. The Morgan fingerprint density at radius 2 is 1.95 bits per heavy atom. The number of hydrogen-bond donors (Lipinski definition) is 1. The molecule has 0 aliphatic heterocycles. The summed E-state index contributed by atoms with van der Waals surface area (Å²) in [5.74, 6) is 2.21. The van der Waals surface area contributed by atoms with E-state index in [2.05, 4.69) is 38.0 Å². The second-order valence-corrected chi connectivity index (χ2v) is 6.51.